The van der Waals surface area contributed by atoms with Gasteiger partial charge in [0.1, 0.15) is 48.8 Å². The average Bonchev–Trinajstić information content (AvgIpc) is 1.50. The fourth-order valence-corrected chi connectivity index (χ4v) is 26.8. The first-order valence-electron chi connectivity index (χ1n) is 47.4. The molecule has 0 saturated heterocycles. The Labute approximate surface area is 780 Å². The molecule has 0 N–H and O–H groups in total. The Morgan fingerprint density at radius 1 is 0.280 bits per heavy atom. The molecule has 22 rings (SSSR count). The Balaban J connectivity index is 0.000000126. The van der Waals surface area contributed by atoms with E-state index in [9.17, 15) is 0 Å². The van der Waals surface area contributed by atoms with Crippen molar-refractivity contribution in [3.8, 4) is 90.5 Å². The van der Waals surface area contributed by atoms with Crippen molar-refractivity contribution in [1.82, 2.24) is 0 Å². The van der Waals surface area contributed by atoms with Crippen LogP contribution in [0, 0.1) is 55.4 Å². The zero-order valence-corrected chi connectivity index (χ0v) is 81.2. The second-order valence-electron chi connectivity index (χ2n) is 36.2. The summed E-state index contributed by atoms with van der Waals surface area (Å²) in [5.41, 5.74) is 38.2. The standard InChI is InChI=1S/C52H42N2O2P2.C24H30.C22H26O4.C20H22O4/c1-53(2)43-33-41-39-29-17-19-31-45(39)55-49(41)47(51(43)57(35-21-9-5-10-22-35)36-23-11-6-12-24-36)48-50-42(40-30-18-20-32-46(40)56-50)34-44(54(3)4)52(48)58(37-25-13-7-14-26-37)38-27-15-8-16-28-38;1-15-13-19-9-5-7-11-21(19)23(17(15)3)24-18(4)16(2)14-20-10-6-8-12-22(20)24;1-5-15-13(3)11-17-21(25-9-7-23-17)19(15)20-16(6-2)14(4)12-18-22(20)26-10-8-24-18;1-5-13-11(3)7-15-19(23-9-21-15)17(13)18-14(6-2)12(4)8-16-20(18)24-10-22-16/h5-34H,1-4H3;13-14H,5-12H2,1-4H3;11-12H,5-10H2,1-4H3;7-8H,5-6,9-10H2,1-4H3. The molecule has 4 aliphatic heterocycles. The van der Waals surface area contributed by atoms with Crippen molar-refractivity contribution in [1.29, 1.82) is 0 Å². The van der Waals surface area contributed by atoms with E-state index in [0.717, 1.165) is 160 Å². The highest BCUT2D eigenvalue weighted by atomic mass is 31.1. The number of para-hydroxylation sites is 2. The van der Waals surface area contributed by atoms with Crippen molar-refractivity contribution >= 4 is 103 Å². The maximum atomic E-state index is 7.25. The Bertz CT molecular complexity index is 6570. The minimum absolute atomic E-state index is 0.266. The van der Waals surface area contributed by atoms with Gasteiger partial charge in [-0.1, -0.05) is 198 Å². The van der Waals surface area contributed by atoms with E-state index in [0.29, 0.717) is 26.4 Å². The van der Waals surface area contributed by atoms with E-state index in [-0.39, 0.29) is 13.6 Å². The zero-order valence-electron chi connectivity index (χ0n) is 79.4. The summed E-state index contributed by atoms with van der Waals surface area (Å²) in [6.45, 7) is 29.4. The summed E-state index contributed by atoms with van der Waals surface area (Å²) in [4.78, 5) is 4.59. The van der Waals surface area contributed by atoms with Gasteiger partial charge in [-0.3, -0.25) is 0 Å². The van der Waals surface area contributed by atoms with Crippen LogP contribution in [0.4, 0.5) is 11.4 Å². The molecule has 2 aliphatic carbocycles. The molecule has 6 heterocycles. The van der Waals surface area contributed by atoms with E-state index in [2.05, 4.69) is 339 Å². The number of rotatable bonds is 16. The van der Waals surface area contributed by atoms with Gasteiger partial charge in [0.25, 0.3) is 0 Å². The Morgan fingerprint density at radius 3 is 0.902 bits per heavy atom. The van der Waals surface area contributed by atoms with Gasteiger partial charge < -0.3 is 56.5 Å². The number of fused-ring (bicyclic) bond motifs is 12. The summed E-state index contributed by atoms with van der Waals surface area (Å²) in [5, 5.41) is 11.9. The molecule has 12 nitrogen and oxygen atoms in total. The molecule has 2 aromatic heterocycles. The quantitative estimate of drug-likeness (QED) is 0.0860. The van der Waals surface area contributed by atoms with Gasteiger partial charge >= 0.3 is 0 Å². The second-order valence-corrected chi connectivity index (χ2v) is 40.5. The Morgan fingerprint density at radius 2 is 0.576 bits per heavy atom. The largest absolute Gasteiger partial charge is 0.486 e. The highest BCUT2D eigenvalue weighted by Crippen LogP contribution is 2.58. The van der Waals surface area contributed by atoms with Crippen LogP contribution in [-0.4, -0.2) is 68.2 Å². The van der Waals surface area contributed by atoms with Crippen LogP contribution in [0.15, 0.2) is 227 Å². The van der Waals surface area contributed by atoms with Crippen LogP contribution >= 0.6 is 15.8 Å². The lowest BCUT2D eigenvalue weighted by atomic mass is 9.76. The predicted octanol–water partition coefficient (Wildman–Crippen LogP) is 26.3. The van der Waals surface area contributed by atoms with Crippen LogP contribution < -0.4 is 79.5 Å². The van der Waals surface area contributed by atoms with Crippen LogP contribution in [0.3, 0.4) is 0 Å². The van der Waals surface area contributed by atoms with Crippen molar-refractivity contribution in [3.63, 3.8) is 0 Å². The highest BCUT2D eigenvalue weighted by molar-refractivity contribution is 7.81. The number of furan rings is 2. The van der Waals surface area contributed by atoms with Gasteiger partial charge in [0, 0.05) is 105 Å². The molecule has 0 fully saturated rings. The minimum atomic E-state index is -1.14. The zero-order chi connectivity index (χ0) is 91.3. The van der Waals surface area contributed by atoms with Crippen molar-refractivity contribution in [2.45, 2.75) is 160 Å². The third-order valence-corrected chi connectivity index (χ3v) is 32.8. The monoisotopic (exact) mass is 1790 g/mol. The van der Waals surface area contributed by atoms with Crippen LogP contribution in [0.5, 0.6) is 46.0 Å². The maximum Gasteiger partial charge on any atom is 0.231 e. The average molecular weight is 1790 g/mol. The molecule has 0 unspecified atom stereocenters. The number of nitrogens with zero attached hydrogens (tertiary/aromatic N) is 2. The van der Waals surface area contributed by atoms with Crippen LogP contribution in [0.25, 0.3) is 88.4 Å². The van der Waals surface area contributed by atoms with E-state index < -0.39 is 15.8 Å². The fraction of sp³-hybridized carbons (Fsp3) is 0.288. The van der Waals surface area contributed by atoms with E-state index >= 15 is 0 Å². The van der Waals surface area contributed by atoms with Crippen molar-refractivity contribution in [3.05, 3.63) is 307 Å². The molecule has 0 spiro atoms. The van der Waals surface area contributed by atoms with E-state index in [1.54, 1.807) is 33.4 Å². The first-order valence-corrected chi connectivity index (χ1v) is 50.1. The molecule has 0 amide bonds. The van der Waals surface area contributed by atoms with E-state index in [1.165, 1.54) is 150 Å². The SMILES string of the molecule is CCc1c(C)cc2c(c1-c1c(CC)c(C)cc3c1OCCO3)OCCO2.CCc1c(C)cc2c(c1-c1c(CC)c(C)cc3c1OCO3)OCO2.CN(C)c1cc2c(oc3ccccc32)c(-c2c(P(c3ccccc3)c3ccccc3)c(N(C)C)cc3c2oc2ccccc23)c1P(c1ccccc1)c1ccccc1.Cc1cc2c(c(-c3c(C)c(C)cc4c3CCCC4)c1C)CCCC2. The number of aryl methyl sites for hydroxylation is 8. The predicted molar refractivity (Wildman–Crippen MR) is 551 cm³/mol. The summed E-state index contributed by atoms with van der Waals surface area (Å²) in [7, 11) is 6.42. The van der Waals surface area contributed by atoms with Crippen LogP contribution in [0.2, 0.25) is 0 Å². The lowest BCUT2D eigenvalue weighted by Gasteiger charge is -2.32. The first-order chi connectivity index (χ1) is 64.4. The molecule has 672 valence electrons. The second kappa shape index (κ2) is 38.0. The van der Waals surface area contributed by atoms with Gasteiger partial charge in [-0.25, -0.2) is 0 Å². The van der Waals surface area contributed by atoms with Gasteiger partial charge in [0.05, 0.1) is 0 Å². The maximum absolute atomic E-state index is 7.25. The molecular formula is C118H120N2O10P2. The van der Waals surface area contributed by atoms with Gasteiger partial charge in [-0.15, -0.1) is 0 Å². The minimum Gasteiger partial charge on any atom is -0.486 e. The summed E-state index contributed by atoms with van der Waals surface area (Å²) in [6, 6.07) is 79.1. The number of ether oxygens (including phenoxy) is 8. The van der Waals surface area contributed by atoms with E-state index in [1.807, 2.05) is 0 Å². The van der Waals surface area contributed by atoms with Gasteiger partial charge in [0.15, 0.2) is 46.0 Å². The topological polar surface area (TPSA) is 107 Å². The molecular weight excluding hydrogens is 1670 g/mol. The number of hydrogen-bond donors (Lipinski definition) is 0. The molecule has 14 aromatic carbocycles. The molecule has 0 bridgehead atoms. The Hall–Kier alpha value is -12.5. The molecule has 14 heteroatoms. The van der Waals surface area contributed by atoms with Crippen molar-refractivity contribution in [2.24, 2.45) is 0 Å². The van der Waals surface area contributed by atoms with Crippen LogP contribution in [0.1, 0.15) is 142 Å². The summed E-state index contributed by atoms with van der Waals surface area (Å²) >= 11 is 0. The summed E-state index contributed by atoms with van der Waals surface area (Å²) < 4.78 is 61.6. The molecule has 132 heavy (non-hydrogen) atoms. The number of benzene rings is 14. The Kier molecular flexibility index (Phi) is 25.6. The highest BCUT2D eigenvalue weighted by Gasteiger charge is 2.39. The van der Waals surface area contributed by atoms with Gasteiger partial charge in [-0.2, -0.15) is 0 Å². The van der Waals surface area contributed by atoms with Crippen LogP contribution in [-0.2, 0) is 51.4 Å². The third-order valence-electron chi connectivity index (χ3n) is 27.8. The number of anilines is 2. The first kappa shape index (κ1) is 88.8. The molecule has 0 atom stereocenters. The number of hydrogen-bond acceptors (Lipinski definition) is 12. The lowest BCUT2D eigenvalue weighted by Crippen LogP contribution is -2.31. The molecule has 0 saturated carbocycles. The van der Waals surface area contributed by atoms with Crippen molar-refractivity contribution in [2.75, 3.05) is 78.0 Å². The third kappa shape index (κ3) is 16.2. The van der Waals surface area contributed by atoms with E-state index in [4.69, 9.17) is 46.7 Å². The summed E-state index contributed by atoms with van der Waals surface area (Å²) in [5.74, 6) is 6.63. The fourth-order valence-electron chi connectivity index (χ4n) is 21.4. The van der Waals surface area contributed by atoms with Crippen molar-refractivity contribution < 1.29 is 46.7 Å². The molecule has 0 radical (unpaired) electrons. The smallest absolute Gasteiger partial charge is 0.231 e. The molecule has 6 aliphatic rings. The summed E-state index contributed by atoms with van der Waals surface area (Å²) in [6.07, 6.45) is 14.2. The molecule has 16 aromatic rings. The normalized spacial score (nSPS) is 13.8. The van der Waals surface area contributed by atoms with Gasteiger partial charge in [0.2, 0.25) is 13.6 Å². The van der Waals surface area contributed by atoms with Gasteiger partial charge in [-0.05, 0) is 318 Å². The lowest BCUT2D eigenvalue weighted by molar-refractivity contribution is 0.169.